The van der Waals surface area contributed by atoms with Gasteiger partial charge in [0.2, 0.25) is 0 Å². The predicted octanol–water partition coefficient (Wildman–Crippen LogP) is 3.88. The van der Waals surface area contributed by atoms with Crippen LogP contribution in [0.4, 0.5) is 0 Å². The number of fused-ring (bicyclic) bond motifs is 4. The zero-order valence-corrected chi connectivity index (χ0v) is 18.1. The van der Waals surface area contributed by atoms with E-state index in [-0.39, 0.29) is 5.91 Å². The Balaban J connectivity index is 1.55. The molecule has 0 spiro atoms. The third-order valence-electron chi connectivity index (χ3n) is 6.25. The zero-order chi connectivity index (χ0) is 21.7. The van der Waals surface area contributed by atoms with Crippen LogP contribution in [0.25, 0.3) is 21.8 Å². The van der Waals surface area contributed by atoms with Gasteiger partial charge in [0.1, 0.15) is 22.9 Å². The zero-order valence-electron chi connectivity index (χ0n) is 18.1. The van der Waals surface area contributed by atoms with E-state index >= 15 is 0 Å². The molecule has 160 valence electrons. The SMILES string of the molecule is COc1ccc2[nH]c3c(c2c1)CN(C(=O)c1cc2c(OC)ccc(OC)c2n1C)CC3. The number of amides is 1. The molecule has 1 N–H and O–H groups in total. The van der Waals surface area contributed by atoms with E-state index in [1.54, 1.807) is 21.3 Å². The first-order chi connectivity index (χ1) is 15.0. The van der Waals surface area contributed by atoms with Crippen LogP contribution in [0.2, 0.25) is 0 Å². The minimum absolute atomic E-state index is 0.00861. The average Bonchev–Trinajstić information content (AvgIpc) is 3.35. The number of carbonyl (C=O) groups is 1. The quantitative estimate of drug-likeness (QED) is 0.545. The van der Waals surface area contributed by atoms with Crippen LogP contribution in [0.5, 0.6) is 17.2 Å². The number of hydrogen-bond donors (Lipinski definition) is 1. The molecule has 2 aromatic heterocycles. The van der Waals surface area contributed by atoms with E-state index < -0.39 is 0 Å². The Morgan fingerprint density at radius 1 is 0.968 bits per heavy atom. The van der Waals surface area contributed by atoms with E-state index in [1.807, 2.05) is 52.9 Å². The summed E-state index contributed by atoms with van der Waals surface area (Å²) < 4.78 is 18.3. The van der Waals surface area contributed by atoms with Gasteiger partial charge in [0.15, 0.2) is 0 Å². The molecule has 1 amide bonds. The number of aromatic nitrogens is 2. The lowest BCUT2D eigenvalue weighted by Crippen LogP contribution is -2.36. The number of H-pyrrole nitrogens is 1. The molecule has 0 atom stereocenters. The van der Waals surface area contributed by atoms with E-state index in [0.717, 1.165) is 45.3 Å². The van der Waals surface area contributed by atoms with Gasteiger partial charge in [-0.1, -0.05) is 0 Å². The molecule has 1 aliphatic rings. The molecule has 0 bridgehead atoms. The second-order valence-electron chi connectivity index (χ2n) is 7.79. The molecule has 0 saturated heterocycles. The molecule has 5 rings (SSSR count). The maximum Gasteiger partial charge on any atom is 0.270 e. The molecule has 4 aromatic rings. The summed E-state index contributed by atoms with van der Waals surface area (Å²) in [7, 11) is 6.82. The number of nitrogens with one attached hydrogen (secondary N) is 1. The van der Waals surface area contributed by atoms with Crippen LogP contribution in [-0.2, 0) is 20.0 Å². The summed E-state index contributed by atoms with van der Waals surface area (Å²) in [6, 6.07) is 11.6. The van der Waals surface area contributed by atoms with E-state index in [9.17, 15) is 4.79 Å². The van der Waals surface area contributed by atoms with Crippen molar-refractivity contribution < 1.29 is 19.0 Å². The summed E-state index contributed by atoms with van der Waals surface area (Å²) in [6.07, 6.45) is 0.786. The molecule has 3 heterocycles. The second-order valence-corrected chi connectivity index (χ2v) is 7.79. The first-order valence-corrected chi connectivity index (χ1v) is 10.2. The Morgan fingerprint density at radius 2 is 1.74 bits per heavy atom. The summed E-state index contributed by atoms with van der Waals surface area (Å²) in [5.74, 6) is 2.23. The molecule has 0 saturated carbocycles. The topological polar surface area (TPSA) is 68.7 Å². The standard InChI is InChI=1S/C24H25N3O4/c1-26-20(12-16-21(30-3)7-8-22(31-4)23(16)26)24(28)27-10-9-19-17(13-27)15-11-14(29-2)5-6-18(15)25-19/h5-8,11-12,25H,9-10,13H2,1-4H3. The van der Waals surface area contributed by atoms with Crippen molar-refractivity contribution in [2.24, 2.45) is 7.05 Å². The van der Waals surface area contributed by atoms with Gasteiger partial charge < -0.3 is 28.7 Å². The van der Waals surface area contributed by atoms with E-state index in [0.29, 0.717) is 24.5 Å². The number of hydrogen-bond acceptors (Lipinski definition) is 4. The lowest BCUT2D eigenvalue weighted by atomic mass is 10.0. The van der Waals surface area contributed by atoms with Gasteiger partial charge >= 0.3 is 0 Å². The van der Waals surface area contributed by atoms with Gasteiger partial charge in [-0.2, -0.15) is 0 Å². The maximum atomic E-state index is 13.6. The van der Waals surface area contributed by atoms with Crippen LogP contribution in [0.3, 0.4) is 0 Å². The Bertz CT molecular complexity index is 1320. The van der Waals surface area contributed by atoms with Gasteiger partial charge in [-0.25, -0.2) is 0 Å². The largest absolute Gasteiger partial charge is 0.497 e. The van der Waals surface area contributed by atoms with Gasteiger partial charge in [-0.15, -0.1) is 0 Å². The van der Waals surface area contributed by atoms with Gasteiger partial charge in [-0.05, 0) is 36.4 Å². The van der Waals surface area contributed by atoms with Crippen molar-refractivity contribution in [1.82, 2.24) is 14.5 Å². The highest BCUT2D eigenvalue weighted by Crippen LogP contribution is 2.36. The molecular weight excluding hydrogens is 394 g/mol. The Kier molecular flexibility index (Phi) is 4.54. The van der Waals surface area contributed by atoms with E-state index in [1.165, 1.54) is 5.69 Å². The van der Waals surface area contributed by atoms with Crippen LogP contribution in [0.15, 0.2) is 36.4 Å². The van der Waals surface area contributed by atoms with Crippen molar-refractivity contribution in [3.8, 4) is 17.2 Å². The fourth-order valence-corrected chi connectivity index (χ4v) is 4.61. The highest BCUT2D eigenvalue weighted by atomic mass is 16.5. The first-order valence-electron chi connectivity index (χ1n) is 10.2. The molecule has 31 heavy (non-hydrogen) atoms. The van der Waals surface area contributed by atoms with Crippen molar-refractivity contribution in [2.45, 2.75) is 13.0 Å². The number of ether oxygens (including phenoxy) is 3. The molecule has 7 heteroatoms. The van der Waals surface area contributed by atoms with E-state index in [4.69, 9.17) is 14.2 Å². The number of nitrogens with zero attached hydrogens (tertiary/aromatic N) is 2. The minimum atomic E-state index is -0.00861. The highest BCUT2D eigenvalue weighted by molar-refractivity contribution is 6.02. The average molecular weight is 419 g/mol. The van der Waals surface area contributed by atoms with Crippen molar-refractivity contribution in [1.29, 1.82) is 0 Å². The lowest BCUT2D eigenvalue weighted by molar-refractivity contribution is 0.0726. The van der Waals surface area contributed by atoms with Crippen LogP contribution < -0.4 is 14.2 Å². The fourth-order valence-electron chi connectivity index (χ4n) is 4.61. The van der Waals surface area contributed by atoms with Crippen LogP contribution in [0.1, 0.15) is 21.7 Å². The first kappa shape index (κ1) is 19.4. The van der Waals surface area contributed by atoms with Gasteiger partial charge in [-0.3, -0.25) is 4.79 Å². The summed E-state index contributed by atoms with van der Waals surface area (Å²) >= 11 is 0. The van der Waals surface area contributed by atoms with Crippen LogP contribution in [0, 0.1) is 0 Å². The van der Waals surface area contributed by atoms with Crippen molar-refractivity contribution in [3.05, 3.63) is 53.3 Å². The monoisotopic (exact) mass is 419 g/mol. The summed E-state index contributed by atoms with van der Waals surface area (Å²) in [6.45, 7) is 1.21. The maximum absolute atomic E-state index is 13.6. The van der Waals surface area contributed by atoms with Crippen molar-refractivity contribution in [3.63, 3.8) is 0 Å². The summed E-state index contributed by atoms with van der Waals surface area (Å²) in [5, 5.41) is 1.97. The predicted molar refractivity (Wildman–Crippen MR) is 119 cm³/mol. The summed E-state index contributed by atoms with van der Waals surface area (Å²) in [5.41, 5.74) is 4.87. The van der Waals surface area contributed by atoms with Crippen molar-refractivity contribution in [2.75, 3.05) is 27.9 Å². The number of methoxy groups -OCH3 is 3. The van der Waals surface area contributed by atoms with Crippen LogP contribution in [-0.4, -0.2) is 48.2 Å². The molecule has 0 unspecified atom stereocenters. The Hall–Kier alpha value is -3.61. The molecule has 7 nitrogen and oxygen atoms in total. The third-order valence-corrected chi connectivity index (χ3v) is 6.25. The highest BCUT2D eigenvalue weighted by Gasteiger charge is 2.28. The lowest BCUT2D eigenvalue weighted by Gasteiger charge is -2.27. The van der Waals surface area contributed by atoms with Gasteiger partial charge in [0, 0.05) is 54.1 Å². The van der Waals surface area contributed by atoms with E-state index in [2.05, 4.69) is 4.98 Å². The number of benzene rings is 2. The molecular formula is C24H25N3O4. The smallest absolute Gasteiger partial charge is 0.270 e. The van der Waals surface area contributed by atoms with Crippen LogP contribution >= 0.6 is 0 Å². The number of rotatable bonds is 4. The molecule has 0 aliphatic carbocycles. The third kappa shape index (κ3) is 2.91. The number of aromatic amines is 1. The molecule has 0 fully saturated rings. The minimum Gasteiger partial charge on any atom is -0.497 e. The number of carbonyl (C=O) groups excluding carboxylic acids is 1. The van der Waals surface area contributed by atoms with Gasteiger partial charge in [0.05, 0.1) is 26.8 Å². The second kappa shape index (κ2) is 7.27. The Morgan fingerprint density at radius 3 is 2.48 bits per heavy atom. The molecule has 2 aromatic carbocycles. The molecule has 0 radical (unpaired) electrons. The van der Waals surface area contributed by atoms with Gasteiger partial charge in [0.25, 0.3) is 5.91 Å². The number of aryl methyl sites for hydroxylation is 1. The Labute approximate surface area is 180 Å². The molecule has 1 aliphatic heterocycles. The van der Waals surface area contributed by atoms with Crippen molar-refractivity contribution >= 4 is 27.7 Å². The fraction of sp³-hybridized carbons (Fsp3) is 0.292. The summed E-state index contributed by atoms with van der Waals surface area (Å²) in [4.78, 5) is 19.0. The normalized spacial score (nSPS) is 13.5.